The molecule has 2 saturated heterocycles. The van der Waals surface area contributed by atoms with E-state index in [0.29, 0.717) is 0 Å². The molecule has 0 aromatic rings. The molecule has 2 aliphatic heterocycles. The Labute approximate surface area is 88.1 Å². The van der Waals surface area contributed by atoms with Crippen LogP contribution in [-0.4, -0.2) is 36.6 Å². The molecule has 2 aliphatic rings. The summed E-state index contributed by atoms with van der Waals surface area (Å²) < 4.78 is 0. The highest BCUT2D eigenvalue weighted by atomic mass is 15.2. The molecule has 3 atom stereocenters. The van der Waals surface area contributed by atoms with Crippen molar-refractivity contribution in [3.8, 4) is 0 Å². The van der Waals surface area contributed by atoms with Gasteiger partial charge in [0.05, 0.1) is 0 Å². The average Bonchev–Trinajstić information content (AvgIpc) is 2.59. The summed E-state index contributed by atoms with van der Waals surface area (Å²) >= 11 is 0. The van der Waals surface area contributed by atoms with Gasteiger partial charge in [0.1, 0.15) is 0 Å². The Morgan fingerprint density at radius 1 is 1.29 bits per heavy atom. The van der Waals surface area contributed by atoms with E-state index < -0.39 is 0 Å². The van der Waals surface area contributed by atoms with Crippen LogP contribution < -0.4 is 5.32 Å². The number of fused-ring (bicyclic) bond motifs is 1. The number of hydrogen-bond acceptors (Lipinski definition) is 2. The topological polar surface area (TPSA) is 15.3 Å². The van der Waals surface area contributed by atoms with Gasteiger partial charge >= 0.3 is 0 Å². The van der Waals surface area contributed by atoms with Gasteiger partial charge in [-0.25, -0.2) is 0 Å². The maximum Gasteiger partial charge on any atom is 0.0264 e. The first-order valence-electron chi connectivity index (χ1n) is 6.15. The molecular weight excluding hydrogens is 172 g/mol. The van der Waals surface area contributed by atoms with Crippen molar-refractivity contribution in [3.05, 3.63) is 0 Å². The Kier molecular flexibility index (Phi) is 3.13. The van der Waals surface area contributed by atoms with Crippen LogP contribution in [0.2, 0.25) is 0 Å². The molecule has 0 amide bonds. The predicted molar refractivity (Wildman–Crippen MR) is 60.4 cm³/mol. The molecule has 1 unspecified atom stereocenters. The molecule has 2 heteroatoms. The Hall–Kier alpha value is -0.0800. The van der Waals surface area contributed by atoms with E-state index in [-0.39, 0.29) is 0 Å². The van der Waals surface area contributed by atoms with Gasteiger partial charge < -0.3 is 5.32 Å². The first-order chi connectivity index (χ1) is 6.68. The minimum atomic E-state index is 0.782. The fourth-order valence-corrected chi connectivity index (χ4v) is 3.25. The van der Waals surface area contributed by atoms with Crippen LogP contribution in [0.15, 0.2) is 0 Å². The van der Waals surface area contributed by atoms with E-state index in [9.17, 15) is 0 Å². The monoisotopic (exact) mass is 196 g/mol. The van der Waals surface area contributed by atoms with Gasteiger partial charge in [-0.1, -0.05) is 13.8 Å². The number of likely N-dealkylation sites (tertiary alicyclic amines) is 1. The highest BCUT2D eigenvalue weighted by molar-refractivity contribution is 4.96. The first-order valence-corrected chi connectivity index (χ1v) is 6.15. The van der Waals surface area contributed by atoms with Crippen molar-refractivity contribution in [2.75, 3.05) is 19.6 Å². The molecule has 0 saturated carbocycles. The summed E-state index contributed by atoms with van der Waals surface area (Å²) in [7, 11) is 0. The second kappa shape index (κ2) is 4.19. The predicted octanol–water partition coefficient (Wildman–Crippen LogP) is 1.71. The smallest absolute Gasteiger partial charge is 0.0264 e. The Balaban J connectivity index is 1.91. The van der Waals surface area contributed by atoms with Crippen molar-refractivity contribution in [1.82, 2.24) is 10.2 Å². The molecule has 0 aliphatic carbocycles. The lowest BCUT2D eigenvalue weighted by Crippen LogP contribution is -2.41. The van der Waals surface area contributed by atoms with Crippen molar-refractivity contribution in [2.24, 2.45) is 11.8 Å². The summed E-state index contributed by atoms with van der Waals surface area (Å²) in [5.74, 6) is 1.78. The van der Waals surface area contributed by atoms with Gasteiger partial charge in [0.2, 0.25) is 0 Å². The lowest BCUT2D eigenvalue weighted by molar-refractivity contribution is 0.170. The van der Waals surface area contributed by atoms with Gasteiger partial charge in [0.15, 0.2) is 0 Å². The average molecular weight is 196 g/mol. The molecule has 0 spiro atoms. The summed E-state index contributed by atoms with van der Waals surface area (Å²) in [4.78, 5) is 2.74. The third-order valence-electron chi connectivity index (χ3n) is 3.87. The van der Waals surface area contributed by atoms with Crippen LogP contribution in [0.4, 0.5) is 0 Å². The van der Waals surface area contributed by atoms with Crippen molar-refractivity contribution in [1.29, 1.82) is 0 Å². The van der Waals surface area contributed by atoms with Crippen molar-refractivity contribution in [3.63, 3.8) is 0 Å². The van der Waals surface area contributed by atoms with Crippen LogP contribution in [0, 0.1) is 11.8 Å². The van der Waals surface area contributed by atoms with Gasteiger partial charge in [-0.15, -0.1) is 0 Å². The minimum absolute atomic E-state index is 0.782. The molecule has 1 N–H and O–H groups in total. The number of nitrogens with zero attached hydrogens (tertiary/aromatic N) is 1. The molecule has 2 fully saturated rings. The third-order valence-corrected chi connectivity index (χ3v) is 3.87. The van der Waals surface area contributed by atoms with E-state index in [1.54, 1.807) is 0 Å². The largest absolute Gasteiger partial charge is 0.315 e. The summed E-state index contributed by atoms with van der Waals surface area (Å²) in [6.07, 6.45) is 2.77. The normalized spacial score (nSPS) is 35.1. The van der Waals surface area contributed by atoms with Gasteiger partial charge in [0, 0.05) is 18.6 Å². The Morgan fingerprint density at radius 2 is 2.07 bits per heavy atom. The van der Waals surface area contributed by atoms with Crippen LogP contribution in [0.1, 0.15) is 33.6 Å². The summed E-state index contributed by atoms with van der Waals surface area (Å²) in [6.45, 7) is 10.9. The zero-order chi connectivity index (χ0) is 10.1. The lowest BCUT2D eigenvalue weighted by atomic mass is 10.0. The van der Waals surface area contributed by atoms with E-state index in [1.165, 1.54) is 32.5 Å². The zero-order valence-corrected chi connectivity index (χ0v) is 9.79. The molecular formula is C12H24N2. The van der Waals surface area contributed by atoms with Crippen molar-refractivity contribution in [2.45, 2.75) is 45.7 Å². The number of rotatable bonds is 3. The minimum Gasteiger partial charge on any atom is -0.315 e. The maximum absolute atomic E-state index is 3.52. The molecule has 2 rings (SSSR count). The Morgan fingerprint density at radius 3 is 2.79 bits per heavy atom. The van der Waals surface area contributed by atoms with Gasteiger partial charge in [0.25, 0.3) is 0 Å². The third kappa shape index (κ3) is 1.96. The van der Waals surface area contributed by atoms with Crippen LogP contribution in [0.3, 0.4) is 0 Å². The van der Waals surface area contributed by atoms with Crippen LogP contribution in [0.5, 0.6) is 0 Å². The summed E-state index contributed by atoms with van der Waals surface area (Å²) in [5.41, 5.74) is 0. The van der Waals surface area contributed by atoms with Crippen LogP contribution in [-0.2, 0) is 0 Å². The van der Waals surface area contributed by atoms with E-state index in [0.717, 1.165) is 23.9 Å². The molecule has 0 radical (unpaired) electrons. The van der Waals surface area contributed by atoms with Crippen molar-refractivity contribution < 1.29 is 0 Å². The molecule has 14 heavy (non-hydrogen) atoms. The highest BCUT2D eigenvalue weighted by Crippen LogP contribution is 2.30. The standard InChI is InChI=1S/C12H24N2/c1-9(2)6-10(3)14-5-4-11-7-13-8-12(11)14/h9-13H,4-8H2,1-3H3/t10?,11-,12+/m1/s1. The zero-order valence-electron chi connectivity index (χ0n) is 9.79. The van der Waals surface area contributed by atoms with E-state index in [1.807, 2.05) is 0 Å². The fraction of sp³-hybridized carbons (Fsp3) is 1.00. The lowest BCUT2D eigenvalue weighted by Gasteiger charge is -2.31. The van der Waals surface area contributed by atoms with E-state index in [2.05, 4.69) is 31.0 Å². The molecule has 2 nitrogen and oxygen atoms in total. The fourth-order valence-electron chi connectivity index (χ4n) is 3.25. The number of hydrogen-bond donors (Lipinski definition) is 1. The number of nitrogens with one attached hydrogen (secondary N) is 1. The molecule has 82 valence electrons. The van der Waals surface area contributed by atoms with Crippen LogP contribution >= 0.6 is 0 Å². The molecule has 0 aromatic carbocycles. The van der Waals surface area contributed by atoms with Gasteiger partial charge in [-0.05, 0) is 44.7 Å². The Bertz CT molecular complexity index is 191. The highest BCUT2D eigenvalue weighted by Gasteiger charge is 2.39. The SMILES string of the molecule is CC(C)CC(C)N1CC[C@@H]2CNC[C@@H]21. The quantitative estimate of drug-likeness (QED) is 0.739. The second-order valence-corrected chi connectivity index (χ2v) is 5.49. The van der Waals surface area contributed by atoms with Crippen molar-refractivity contribution >= 4 is 0 Å². The van der Waals surface area contributed by atoms with Crippen LogP contribution in [0.25, 0.3) is 0 Å². The van der Waals surface area contributed by atoms with E-state index >= 15 is 0 Å². The molecule has 0 aromatic heterocycles. The second-order valence-electron chi connectivity index (χ2n) is 5.49. The van der Waals surface area contributed by atoms with Gasteiger partial charge in [-0.2, -0.15) is 0 Å². The molecule has 0 bridgehead atoms. The maximum atomic E-state index is 3.52. The first kappa shape index (κ1) is 10.4. The van der Waals surface area contributed by atoms with Gasteiger partial charge in [-0.3, -0.25) is 4.90 Å². The van der Waals surface area contributed by atoms with E-state index in [4.69, 9.17) is 0 Å². The summed E-state index contributed by atoms with van der Waals surface area (Å²) in [6, 6.07) is 1.63. The molecule has 2 heterocycles. The summed E-state index contributed by atoms with van der Waals surface area (Å²) in [5, 5.41) is 3.52.